The van der Waals surface area contributed by atoms with E-state index in [-0.39, 0.29) is 0 Å². The molecule has 1 fully saturated rings. The zero-order chi connectivity index (χ0) is 11.1. The first-order valence-corrected chi connectivity index (χ1v) is 6.05. The molecule has 3 rings (SSSR count). The van der Waals surface area contributed by atoms with E-state index in [1.54, 1.807) is 0 Å². The summed E-state index contributed by atoms with van der Waals surface area (Å²) in [5.74, 6) is 1.71. The molecule has 1 saturated carbocycles. The molecule has 0 unspecified atom stereocenters. The van der Waals surface area contributed by atoms with E-state index in [1.807, 2.05) is 12.1 Å². The van der Waals surface area contributed by atoms with Crippen molar-refractivity contribution in [3.8, 4) is 0 Å². The lowest BCUT2D eigenvalue weighted by Gasteiger charge is -2.06. The fourth-order valence-electron chi connectivity index (χ4n) is 2.15. The van der Waals surface area contributed by atoms with Crippen molar-refractivity contribution in [1.29, 1.82) is 0 Å². The molecule has 84 valence electrons. The van der Waals surface area contributed by atoms with Gasteiger partial charge in [-0.1, -0.05) is 17.7 Å². The predicted molar refractivity (Wildman–Crippen MR) is 64.9 cm³/mol. The van der Waals surface area contributed by atoms with Crippen LogP contribution in [0.5, 0.6) is 0 Å². The number of fused-ring (bicyclic) bond motifs is 1. The van der Waals surface area contributed by atoms with Gasteiger partial charge in [-0.15, -0.1) is 0 Å². The van der Waals surface area contributed by atoms with Crippen molar-refractivity contribution < 1.29 is 0 Å². The Balaban J connectivity index is 2.25. The molecule has 3 nitrogen and oxygen atoms in total. The molecule has 0 saturated heterocycles. The summed E-state index contributed by atoms with van der Waals surface area (Å²) in [6.45, 7) is 0.652. The maximum absolute atomic E-state index is 6.16. The Morgan fingerprint density at radius 1 is 1.44 bits per heavy atom. The van der Waals surface area contributed by atoms with Gasteiger partial charge in [0.15, 0.2) is 5.15 Å². The fraction of sp³-hybridized carbons (Fsp3) is 0.417. The Morgan fingerprint density at radius 2 is 2.25 bits per heavy atom. The fourth-order valence-corrected chi connectivity index (χ4v) is 2.39. The highest BCUT2D eigenvalue weighted by atomic mass is 35.5. The van der Waals surface area contributed by atoms with E-state index < -0.39 is 0 Å². The van der Waals surface area contributed by atoms with E-state index in [9.17, 15) is 0 Å². The molecule has 2 aromatic rings. The number of nitrogens with zero attached hydrogens (tertiary/aromatic N) is 2. The number of hydrogen-bond acceptors (Lipinski definition) is 2. The second-order valence-electron chi connectivity index (χ2n) is 4.31. The van der Waals surface area contributed by atoms with Crippen LogP contribution in [0.1, 0.15) is 30.3 Å². The Kier molecular flexibility index (Phi) is 2.37. The largest absolute Gasteiger partial charge is 0.330 e. The number of pyridine rings is 1. The molecule has 0 atom stereocenters. The SMILES string of the molecule is NCCc1cccc2c(Cl)nc(C3CC3)n12. The van der Waals surface area contributed by atoms with Gasteiger partial charge in [-0.25, -0.2) is 4.98 Å². The van der Waals surface area contributed by atoms with Gasteiger partial charge in [0, 0.05) is 18.0 Å². The molecular formula is C12H14ClN3. The highest BCUT2D eigenvalue weighted by molar-refractivity contribution is 6.32. The molecule has 2 heterocycles. The van der Waals surface area contributed by atoms with Crippen LogP contribution >= 0.6 is 11.6 Å². The van der Waals surface area contributed by atoms with Crippen LogP contribution in [0.3, 0.4) is 0 Å². The van der Waals surface area contributed by atoms with E-state index in [0.717, 1.165) is 17.8 Å². The van der Waals surface area contributed by atoms with Crippen LogP contribution < -0.4 is 5.73 Å². The minimum atomic E-state index is 0.596. The molecule has 1 aliphatic rings. The second-order valence-corrected chi connectivity index (χ2v) is 4.67. The first-order valence-electron chi connectivity index (χ1n) is 5.67. The Labute approximate surface area is 99.2 Å². The molecular weight excluding hydrogens is 222 g/mol. The molecule has 0 spiro atoms. The Morgan fingerprint density at radius 3 is 2.94 bits per heavy atom. The van der Waals surface area contributed by atoms with Gasteiger partial charge < -0.3 is 5.73 Å². The molecule has 0 bridgehead atoms. The second kappa shape index (κ2) is 3.75. The molecule has 2 N–H and O–H groups in total. The summed E-state index contributed by atoms with van der Waals surface area (Å²) < 4.78 is 2.19. The molecule has 0 amide bonds. The maximum Gasteiger partial charge on any atom is 0.155 e. The van der Waals surface area contributed by atoms with Crippen molar-refractivity contribution in [2.45, 2.75) is 25.2 Å². The van der Waals surface area contributed by atoms with E-state index in [2.05, 4.69) is 15.5 Å². The first kappa shape index (κ1) is 10.1. The van der Waals surface area contributed by atoms with Crippen molar-refractivity contribution in [3.63, 3.8) is 0 Å². The molecule has 0 aromatic carbocycles. The van der Waals surface area contributed by atoms with Crippen molar-refractivity contribution >= 4 is 17.1 Å². The third-order valence-corrected chi connectivity index (χ3v) is 3.35. The lowest BCUT2D eigenvalue weighted by molar-refractivity contribution is 0.837. The Bertz CT molecular complexity index is 528. The summed E-state index contributed by atoms with van der Waals surface area (Å²) >= 11 is 6.16. The molecule has 2 aromatic heterocycles. The van der Waals surface area contributed by atoms with Gasteiger partial charge in [0.25, 0.3) is 0 Å². The van der Waals surface area contributed by atoms with Gasteiger partial charge in [0.05, 0.1) is 5.52 Å². The summed E-state index contributed by atoms with van der Waals surface area (Å²) in [5.41, 5.74) is 7.85. The predicted octanol–water partition coefficient (Wildman–Crippen LogP) is 2.37. The number of imidazole rings is 1. The summed E-state index contributed by atoms with van der Waals surface area (Å²) in [6.07, 6.45) is 3.32. The van der Waals surface area contributed by atoms with Crippen LogP contribution in [0.2, 0.25) is 5.15 Å². The van der Waals surface area contributed by atoms with Crippen molar-refractivity contribution in [1.82, 2.24) is 9.38 Å². The number of halogens is 1. The van der Waals surface area contributed by atoms with E-state index in [0.29, 0.717) is 17.6 Å². The quantitative estimate of drug-likeness (QED) is 0.888. The smallest absolute Gasteiger partial charge is 0.155 e. The lowest BCUT2D eigenvalue weighted by Crippen LogP contribution is -2.08. The maximum atomic E-state index is 6.16. The van der Waals surface area contributed by atoms with Crippen LogP contribution in [0.4, 0.5) is 0 Å². The third-order valence-electron chi connectivity index (χ3n) is 3.07. The van der Waals surface area contributed by atoms with Gasteiger partial charge in [-0.3, -0.25) is 4.40 Å². The van der Waals surface area contributed by atoms with Crippen LogP contribution in [-0.2, 0) is 6.42 Å². The van der Waals surface area contributed by atoms with Crippen molar-refractivity contribution in [2.75, 3.05) is 6.54 Å². The zero-order valence-corrected chi connectivity index (χ0v) is 9.74. The summed E-state index contributed by atoms with van der Waals surface area (Å²) in [7, 11) is 0. The summed E-state index contributed by atoms with van der Waals surface area (Å²) in [4.78, 5) is 4.48. The highest BCUT2D eigenvalue weighted by Gasteiger charge is 2.29. The number of rotatable bonds is 3. The average Bonchev–Trinajstić information content (AvgIpc) is 3.06. The van der Waals surface area contributed by atoms with Crippen LogP contribution in [0, 0.1) is 0 Å². The zero-order valence-electron chi connectivity index (χ0n) is 8.99. The monoisotopic (exact) mass is 235 g/mol. The van der Waals surface area contributed by atoms with E-state index in [1.165, 1.54) is 18.5 Å². The number of nitrogens with two attached hydrogens (primary N) is 1. The molecule has 0 radical (unpaired) electrons. The molecule has 0 aliphatic heterocycles. The van der Waals surface area contributed by atoms with Gasteiger partial charge in [0.2, 0.25) is 0 Å². The van der Waals surface area contributed by atoms with Gasteiger partial charge >= 0.3 is 0 Å². The highest BCUT2D eigenvalue weighted by Crippen LogP contribution is 2.41. The molecule has 4 heteroatoms. The number of aromatic nitrogens is 2. The van der Waals surface area contributed by atoms with Crippen molar-refractivity contribution in [3.05, 3.63) is 34.9 Å². The van der Waals surface area contributed by atoms with Crippen LogP contribution in [0.15, 0.2) is 18.2 Å². The van der Waals surface area contributed by atoms with Crippen LogP contribution in [0.25, 0.3) is 5.52 Å². The normalized spacial score (nSPS) is 15.9. The van der Waals surface area contributed by atoms with Gasteiger partial charge in [-0.05, 0) is 31.5 Å². The summed E-state index contributed by atoms with van der Waals surface area (Å²) in [5, 5.41) is 0.612. The minimum absolute atomic E-state index is 0.596. The lowest BCUT2D eigenvalue weighted by atomic mass is 10.2. The third kappa shape index (κ3) is 1.51. The van der Waals surface area contributed by atoms with Gasteiger partial charge in [-0.2, -0.15) is 0 Å². The molecule has 1 aliphatic carbocycles. The van der Waals surface area contributed by atoms with Gasteiger partial charge in [0.1, 0.15) is 5.82 Å². The summed E-state index contributed by atoms with van der Waals surface area (Å²) in [6, 6.07) is 6.13. The standard InChI is InChI=1S/C12H14ClN3/c13-11-10-3-1-2-9(6-7-14)16(10)12(15-11)8-4-5-8/h1-3,8H,4-7,14H2. The van der Waals surface area contributed by atoms with E-state index >= 15 is 0 Å². The van der Waals surface area contributed by atoms with Crippen LogP contribution in [-0.4, -0.2) is 15.9 Å². The molecule has 16 heavy (non-hydrogen) atoms. The van der Waals surface area contributed by atoms with Crippen molar-refractivity contribution in [2.24, 2.45) is 5.73 Å². The average molecular weight is 236 g/mol. The van der Waals surface area contributed by atoms with E-state index in [4.69, 9.17) is 17.3 Å². The number of hydrogen-bond donors (Lipinski definition) is 1. The topological polar surface area (TPSA) is 43.3 Å². The first-order chi connectivity index (χ1) is 7.81. The Hall–Kier alpha value is -1.06. The minimum Gasteiger partial charge on any atom is -0.330 e.